The molecule has 6 nitrogen and oxygen atoms in total. The first-order valence-corrected chi connectivity index (χ1v) is 9.59. The molecule has 3 N–H and O–H groups in total. The van der Waals surface area contributed by atoms with Gasteiger partial charge in [0.15, 0.2) is 5.96 Å². The standard InChI is InChI=1S/C16H28N4O2S/c1-4-5-6-10-19-16(17-2)20-12-14-8-7-9-15(11-14)13-23(21,22)18-3/h7-9,11,18H,4-6,10,12-13H2,1-3H3,(H2,17,19,20). The number of hydrogen-bond acceptors (Lipinski definition) is 3. The van der Waals surface area contributed by atoms with Crippen molar-refractivity contribution in [2.45, 2.75) is 38.5 Å². The average Bonchev–Trinajstić information content (AvgIpc) is 2.54. The highest BCUT2D eigenvalue weighted by atomic mass is 32.2. The molecule has 0 atom stereocenters. The predicted octanol–water partition coefficient (Wildman–Crippen LogP) is 1.59. The van der Waals surface area contributed by atoms with Gasteiger partial charge in [0.2, 0.25) is 10.0 Å². The van der Waals surface area contributed by atoms with Crippen molar-refractivity contribution in [1.29, 1.82) is 0 Å². The van der Waals surface area contributed by atoms with Crippen LogP contribution in [0.3, 0.4) is 0 Å². The number of unbranched alkanes of at least 4 members (excludes halogenated alkanes) is 2. The highest BCUT2D eigenvalue weighted by molar-refractivity contribution is 7.88. The lowest BCUT2D eigenvalue weighted by atomic mass is 10.1. The zero-order valence-electron chi connectivity index (χ0n) is 14.2. The van der Waals surface area contributed by atoms with Crippen molar-refractivity contribution >= 4 is 16.0 Å². The Morgan fingerprint density at radius 2 is 1.91 bits per heavy atom. The molecule has 1 aromatic carbocycles. The Morgan fingerprint density at radius 1 is 1.17 bits per heavy atom. The molecule has 1 aromatic rings. The summed E-state index contributed by atoms with van der Waals surface area (Å²) in [7, 11) is -0.0826. The quantitative estimate of drug-likeness (QED) is 0.362. The molecule has 0 saturated heterocycles. The van der Waals surface area contributed by atoms with E-state index in [0.29, 0.717) is 6.54 Å². The summed E-state index contributed by atoms with van der Waals surface area (Å²) in [6.07, 6.45) is 3.51. The molecule has 0 unspecified atom stereocenters. The summed E-state index contributed by atoms with van der Waals surface area (Å²) in [4.78, 5) is 4.18. The highest BCUT2D eigenvalue weighted by Gasteiger charge is 2.08. The normalized spacial score (nSPS) is 12.2. The Hall–Kier alpha value is -1.60. The zero-order chi connectivity index (χ0) is 17.1. The van der Waals surface area contributed by atoms with Crippen molar-refractivity contribution in [2.24, 2.45) is 4.99 Å². The molecule has 1 rings (SSSR count). The number of aliphatic imine (C=N–C) groups is 1. The van der Waals surface area contributed by atoms with E-state index in [-0.39, 0.29) is 5.75 Å². The van der Waals surface area contributed by atoms with Crippen LogP contribution in [0.5, 0.6) is 0 Å². The minimum atomic E-state index is -3.25. The second-order valence-corrected chi connectivity index (χ2v) is 7.27. The maximum atomic E-state index is 11.6. The van der Waals surface area contributed by atoms with Crippen molar-refractivity contribution in [3.63, 3.8) is 0 Å². The monoisotopic (exact) mass is 340 g/mol. The first-order valence-electron chi connectivity index (χ1n) is 7.94. The van der Waals surface area contributed by atoms with Gasteiger partial charge in [0, 0.05) is 20.1 Å². The molecular formula is C16H28N4O2S. The fraction of sp³-hybridized carbons (Fsp3) is 0.562. The van der Waals surface area contributed by atoms with E-state index in [4.69, 9.17) is 0 Å². The van der Waals surface area contributed by atoms with E-state index in [1.54, 1.807) is 7.05 Å². The molecule has 0 heterocycles. The molecule has 0 amide bonds. The van der Waals surface area contributed by atoms with Gasteiger partial charge in [-0.2, -0.15) is 0 Å². The third-order valence-corrected chi connectivity index (χ3v) is 4.75. The van der Waals surface area contributed by atoms with Gasteiger partial charge in [-0.05, 0) is 24.6 Å². The summed E-state index contributed by atoms with van der Waals surface area (Å²) in [6.45, 7) is 3.67. The summed E-state index contributed by atoms with van der Waals surface area (Å²) in [5.41, 5.74) is 1.79. The second kappa shape index (κ2) is 10.2. The average molecular weight is 340 g/mol. The van der Waals surface area contributed by atoms with Gasteiger partial charge in [-0.3, -0.25) is 4.99 Å². The van der Waals surface area contributed by atoms with Crippen LogP contribution in [0, 0.1) is 0 Å². The van der Waals surface area contributed by atoms with E-state index in [1.807, 2.05) is 24.3 Å². The molecule has 0 bridgehead atoms. The Labute approximate surface area is 139 Å². The van der Waals surface area contributed by atoms with Gasteiger partial charge in [-0.1, -0.05) is 44.0 Å². The minimum Gasteiger partial charge on any atom is -0.356 e. The van der Waals surface area contributed by atoms with Gasteiger partial charge in [-0.25, -0.2) is 13.1 Å². The van der Waals surface area contributed by atoms with Gasteiger partial charge < -0.3 is 10.6 Å². The lowest BCUT2D eigenvalue weighted by Gasteiger charge is -2.12. The fourth-order valence-corrected chi connectivity index (χ4v) is 2.87. The van der Waals surface area contributed by atoms with Crippen LogP contribution in [0.4, 0.5) is 0 Å². The summed E-state index contributed by atoms with van der Waals surface area (Å²) in [6, 6.07) is 7.55. The third kappa shape index (κ3) is 7.99. The SMILES string of the molecule is CCCCCNC(=NC)NCc1cccc(CS(=O)(=O)NC)c1. The number of sulfonamides is 1. The molecule has 0 saturated carbocycles. The van der Waals surface area contributed by atoms with Crippen LogP contribution < -0.4 is 15.4 Å². The first kappa shape index (κ1) is 19.4. The van der Waals surface area contributed by atoms with Crippen molar-refractivity contribution in [3.05, 3.63) is 35.4 Å². The van der Waals surface area contributed by atoms with Gasteiger partial charge in [0.05, 0.1) is 5.75 Å². The molecule has 0 radical (unpaired) electrons. The van der Waals surface area contributed by atoms with E-state index in [1.165, 1.54) is 19.9 Å². The molecule has 0 fully saturated rings. The van der Waals surface area contributed by atoms with E-state index >= 15 is 0 Å². The van der Waals surface area contributed by atoms with Crippen LogP contribution in [0.1, 0.15) is 37.3 Å². The number of guanidine groups is 1. The number of nitrogens with zero attached hydrogens (tertiary/aromatic N) is 1. The van der Waals surface area contributed by atoms with Crippen molar-refractivity contribution in [2.75, 3.05) is 20.6 Å². The number of nitrogens with one attached hydrogen (secondary N) is 3. The molecule has 7 heteroatoms. The summed E-state index contributed by atoms with van der Waals surface area (Å²) in [5.74, 6) is 0.746. The molecule has 0 aromatic heterocycles. The Bertz CT molecular complexity index is 600. The maximum absolute atomic E-state index is 11.6. The van der Waals surface area contributed by atoms with Crippen LogP contribution in [0.2, 0.25) is 0 Å². The van der Waals surface area contributed by atoms with E-state index < -0.39 is 10.0 Å². The number of hydrogen-bond donors (Lipinski definition) is 3. The molecular weight excluding hydrogens is 312 g/mol. The molecule has 23 heavy (non-hydrogen) atoms. The Balaban J connectivity index is 2.53. The van der Waals surface area contributed by atoms with Crippen molar-refractivity contribution in [1.82, 2.24) is 15.4 Å². The van der Waals surface area contributed by atoms with Crippen molar-refractivity contribution in [3.8, 4) is 0 Å². The maximum Gasteiger partial charge on any atom is 0.215 e. The van der Waals surface area contributed by atoms with Crippen LogP contribution in [0.25, 0.3) is 0 Å². The smallest absolute Gasteiger partial charge is 0.215 e. The molecule has 0 aliphatic carbocycles. The largest absolute Gasteiger partial charge is 0.356 e. The van der Waals surface area contributed by atoms with Crippen LogP contribution in [-0.2, 0) is 22.3 Å². The van der Waals surface area contributed by atoms with Crippen LogP contribution >= 0.6 is 0 Å². The predicted molar refractivity (Wildman–Crippen MR) is 95.9 cm³/mol. The summed E-state index contributed by atoms with van der Waals surface area (Å²) >= 11 is 0. The number of benzene rings is 1. The molecule has 0 aliphatic heterocycles. The van der Waals surface area contributed by atoms with Gasteiger partial charge >= 0.3 is 0 Å². The topological polar surface area (TPSA) is 82.6 Å². The van der Waals surface area contributed by atoms with Crippen molar-refractivity contribution < 1.29 is 8.42 Å². The molecule has 0 aliphatic rings. The second-order valence-electron chi connectivity index (χ2n) is 5.34. The highest BCUT2D eigenvalue weighted by Crippen LogP contribution is 2.08. The van der Waals surface area contributed by atoms with Gasteiger partial charge in [-0.15, -0.1) is 0 Å². The van der Waals surface area contributed by atoms with Gasteiger partial charge in [0.1, 0.15) is 0 Å². The van der Waals surface area contributed by atoms with Gasteiger partial charge in [0.25, 0.3) is 0 Å². The Kier molecular flexibility index (Phi) is 8.65. The first-order chi connectivity index (χ1) is 11.0. The number of rotatable bonds is 9. The summed E-state index contributed by atoms with van der Waals surface area (Å²) in [5, 5.41) is 6.51. The third-order valence-electron chi connectivity index (χ3n) is 3.42. The molecule has 130 valence electrons. The van der Waals surface area contributed by atoms with E-state index in [9.17, 15) is 8.42 Å². The zero-order valence-corrected chi connectivity index (χ0v) is 15.0. The Morgan fingerprint density at radius 3 is 2.57 bits per heavy atom. The van der Waals surface area contributed by atoms with Crippen LogP contribution in [0.15, 0.2) is 29.3 Å². The lowest BCUT2D eigenvalue weighted by molar-refractivity contribution is 0.587. The summed E-state index contributed by atoms with van der Waals surface area (Å²) < 4.78 is 25.5. The molecule has 0 spiro atoms. The van der Waals surface area contributed by atoms with E-state index in [2.05, 4.69) is 27.3 Å². The fourth-order valence-electron chi connectivity index (χ4n) is 2.11. The lowest BCUT2D eigenvalue weighted by Crippen LogP contribution is -2.37. The van der Waals surface area contributed by atoms with E-state index in [0.717, 1.165) is 30.1 Å². The minimum absolute atomic E-state index is 0.0126. The van der Waals surface area contributed by atoms with Crippen LogP contribution in [-0.4, -0.2) is 35.0 Å².